The number of hydrogen-bond donors (Lipinski definition) is 0. The van der Waals surface area contributed by atoms with Crippen LogP contribution in [0.1, 0.15) is 58.3 Å². The molecule has 0 saturated heterocycles. The molecule has 1 aliphatic rings. The van der Waals surface area contributed by atoms with Crippen LogP contribution in [0, 0.1) is 0 Å². The Balaban J connectivity index is 0.00000256. The van der Waals surface area contributed by atoms with Crippen LogP contribution < -0.4 is 24.0 Å². The SMILES string of the molecule is CCCCCCCCCC1=[N+](C)CCN1C.[I-]. The minimum atomic E-state index is 0. The maximum Gasteiger partial charge on any atom is 0.246 e. The average molecular weight is 352 g/mol. The maximum atomic E-state index is 2.41. The minimum Gasteiger partial charge on any atom is -1.00 e. The van der Waals surface area contributed by atoms with Crippen LogP contribution in [0.15, 0.2) is 0 Å². The fourth-order valence-electron chi connectivity index (χ4n) is 2.47. The first-order chi connectivity index (χ1) is 7.75. The molecule has 3 heteroatoms. The van der Waals surface area contributed by atoms with E-state index in [0.717, 1.165) is 0 Å². The van der Waals surface area contributed by atoms with Crippen LogP contribution >= 0.6 is 0 Å². The van der Waals surface area contributed by atoms with E-state index in [1.165, 1.54) is 64.5 Å². The highest BCUT2D eigenvalue weighted by Crippen LogP contribution is 2.10. The first-order valence-electron chi connectivity index (χ1n) is 7.03. The van der Waals surface area contributed by atoms with Crippen molar-refractivity contribution in [2.75, 3.05) is 27.2 Å². The second-order valence-corrected chi connectivity index (χ2v) is 5.13. The Bertz CT molecular complexity index is 226. The van der Waals surface area contributed by atoms with E-state index in [2.05, 4.69) is 30.5 Å². The van der Waals surface area contributed by atoms with Crippen molar-refractivity contribution in [3.05, 3.63) is 0 Å². The Kier molecular flexibility index (Phi) is 10.3. The molecule has 0 N–H and O–H groups in total. The van der Waals surface area contributed by atoms with Gasteiger partial charge in [0, 0.05) is 6.42 Å². The first kappa shape index (κ1) is 17.2. The van der Waals surface area contributed by atoms with Crippen molar-refractivity contribution in [1.82, 2.24) is 4.90 Å². The molecular weight excluding hydrogens is 323 g/mol. The number of unbranched alkanes of at least 4 members (excludes halogenated alkanes) is 6. The summed E-state index contributed by atoms with van der Waals surface area (Å²) in [5.74, 6) is 1.55. The van der Waals surface area contributed by atoms with Crippen molar-refractivity contribution in [3.8, 4) is 0 Å². The van der Waals surface area contributed by atoms with E-state index in [4.69, 9.17) is 0 Å². The van der Waals surface area contributed by atoms with E-state index < -0.39 is 0 Å². The second kappa shape index (κ2) is 10.2. The van der Waals surface area contributed by atoms with E-state index in [0.29, 0.717) is 0 Å². The van der Waals surface area contributed by atoms with Crippen LogP contribution in [0.3, 0.4) is 0 Å². The average Bonchev–Trinajstić information content (AvgIpc) is 2.59. The van der Waals surface area contributed by atoms with Crippen molar-refractivity contribution in [2.45, 2.75) is 58.3 Å². The number of amidine groups is 1. The van der Waals surface area contributed by atoms with Gasteiger partial charge in [0.2, 0.25) is 5.84 Å². The molecule has 0 fully saturated rings. The van der Waals surface area contributed by atoms with Gasteiger partial charge in [-0.25, -0.2) is 0 Å². The highest BCUT2D eigenvalue weighted by Gasteiger charge is 2.23. The van der Waals surface area contributed by atoms with Gasteiger partial charge in [0.05, 0.1) is 14.1 Å². The van der Waals surface area contributed by atoms with Crippen LogP contribution in [-0.4, -0.2) is 42.5 Å². The minimum absolute atomic E-state index is 0. The molecule has 102 valence electrons. The molecule has 0 aromatic rings. The topological polar surface area (TPSA) is 6.25 Å². The van der Waals surface area contributed by atoms with Crippen LogP contribution in [0.5, 0.6) is 0 Å². The van der Waals surface area contributed by atoms with E-state index >= 15 is 0 Å². The van der Waals surface area contributed by atoms with E-state index in [9.17, 15) is 0 Å². The molecule has 0 aromatic heterocycles. The van der Waals surface area contributed by atoms with Gasteiger partial charge in [0.1, 0.15) is 13.1 Å². The number of rotatable bonds is 8. The largest absolute Gasteiger partial charge is 1.00 e. The van der Waals surface area contributed by atoms with E-state index in [1.807, 2.05) is 0 Å². The monoisotopic (exact) mass is 352 g/mol. The first-order valence-corrected chi connectivity index (χ1v) is 7.03. The third-order valence-electron chi connectivity index (χ3n) is 3.66. The molecule has 17 heavy (non-hydrogen) atoms. The number of halogens is 1. The summed E-state index contributed by atoms with van der Waals surface area (Å²) in [4.78, 5) is 2.41. The molecule has 0 radical (unpaired) electrons. The molecule has 2 nitrogen and oxygen atoms in total. The summed E-state index contributed by atoms with van der Waals surface area (Å²) in [7, 11) is 4.44. The van der Waals surface area contributed by atoms with E-state index in [1.54, 1.807) is 5.84 Å². The number of nitrogens with zero attached hydrogens (tertiary/aromatic N) is 2. The summed E-state index contributed by atoms with van der Waals surface area (Å²) in [6.45, 7) is 4.70. The zero-order chi connectivity index (χ0) is 11.8. The zero-order valence-corrected chi connectivity index (χ0v) is 14.0. The smallest absolute Gasteiger partial charge is 0.246 e. The Hall–Kier alpha value is 0.200. The Morgan fingerprint density at radius 3 is 2.18 bits per heavy atom. The molecular formula is C14H29IN2. The zero-order valence-electron chi connectivity index (χ0n) is 11.8. The van der Waals surface area contributed by atoms with Gasteiger partial charge in [-0.3, -0.25) is 9.48 Å². The summed E-state index contributed by atoms with van der Waals surface area (Å²) in [5.41, 5.74) is 0. The number of likely N-dealkylation sites (N-methyl/N-ethyl adjacent to an activating group) is 2. The molecule has 0 bridgehead atoms. The van der Waals surface area contributed by atoms with Crippen molar-refractivity contribution in [2.24, 2.45) is 0 Å². The highest BCUT2D eigenvalue weighted by molar-refractivity contribution is 5.78. The molecule has 1 heterocycles. The van der Waals surface area contributed by atoms with Gasteiger partial charge in [-0.1, -0.05) is 45.4 Å². The predicted molar refractivity (Wildman–Crippen MR) is 71.3 cm³/mol. The Morgan fingerprint density at radius 2 is 1.65 bits per heavy atom. The highest BCUT2D eigenvalue weighted by atomic mass is 127. The van der Waals surface area contributed by atoms with Gasteiger partial charge in [0.25, 0.3) is 0 Å². The van der Waals surface area contributed by atoms with Crippen LogP contribution in [0.25, 0.3) is 0 Å². The summed E-state index contributed by atoms with van der Waals surface area (Å²) >= 11 is 0. The van der Waals surface area contributed by atoms with Gasteiger partial charge in [-0.05, 0) is 6.42 Å². The lowest BCUT2D eigenvalue weighted by atomic mass is 10.1. The molecule has 0 saturated carbocycles. The van der Waals surface area contributed by atoms with E-state index in [-0.39, 0.29) is 24.0 Å². The summed E-state index contributed by atoms with van der Waals surface area (Å²) in [6.07, 6.45) is 11.1. The van der Waals surface area contributed by atoms with Gasteiger partial charge in [-0.15, -0.1) is 0 Å². The lowest BCUT2D eigenvalue weighted by Crippen LogP contribution is -3.00. The van der Waals surface area contributed by atoms with Crippen molar-refractivity contribution < 1.29 is 28.6 Å². The molecule has 1 aliphatic heterocycles. The lowest BCUT2D eigenvalue weighted by molar-refractivity contribution is -0.487. The third-order valence-corrected chi connectivity index (χ3v) is 3.66. The van der Waals surface area contributed by atoms with Gasteiger partial charge in [-0.2, -0.15) is 0 Å². The summed E-state index contributed by atoms with van der Waals surface area (Å²) in [6, 6.07) is 0. The molecule has 0 aliphatic carbocycles. The fraction of sp³-hybridized carbons (Fsp3) is 0.929. The third kappa shape index (κ3) is 6.63. The summed E-state index contributed by atoms with van der Waals surface area (Å²) in [5, 5.41) is 0. The molecule has 1 rings (SSSR count). The number of hydrogen-bond acceptors (Lipinski definition) is 1. The lowest BCUT2D eigenvalue weighted by Gasteiger charge is -2.06. The maximum absolute atomic E-state index is 2.41. The standard InChI is InChI=1S/C14H29N2.HI/c1-4-5-6-7-8-9-10-11-14-15(2)12-13-16(14)3;/h4-13H2,1-3H3;1H/q+1;/p-1. The van der Waals surface area contributed by atoms with Gasteiger partial charge < -0.3 is 24.0 Å². The predicted octanol–water partition coefficient (Wildman–Crippen LogP) is 0.117. The van der Waals surface area contributed by atoms with Crippen molar-refractivity contribution in [3.63, 3.8) is 0 Å². The van der Waals surface area contributed by atoms with Crippen LogP contribution in [0.4, 0.5) is 0 Å². The van der Waals surface area contributed by atoms with Crippen molar-refractivity contribution in [1.29, 1.82) is 0 Å². The van der Waals surface area contributed by atoms with Crippen LogP contribution in [-0.2, 0) is 0 Å². The Labute approximate surface area is 124 Å². The van der Waals surface area contributed by atoms with Gasteiger partial charge >= 0.3 is 0 Å². The fourth-order valence-corrected chi connectivity index (χ4v) is 2.47. The quantitative estimate of drug-likeness (QED) is 0.342. The molecule has 0 spiro atoms. The Morgan fingerprint density at radius 1 is 1.06 bits per heavy atom. The molecule has 0 atom stereocenters. The normalized spacial score (nSPS) is 15.4. The van der Waals surface area contributed by atoms with Crippen molar-refractivity contribution >= 4 is 5.84 Å². The molecule has 0 amide bonds. The molecule has 0 unspecified atom stereocenters. The summed E-state index contributed by atoms with van der Waals surface area (Å²) < 4.78 is 2.41. The second-order valence-electron chi connectivity index (χ2n) is 5.13. The van der Waals surface area contributed by atoms with Crippen LogP contribution in [0.2, 0.25) is 0 Å². The van der Waals surface area contributed by atoms with Gasteiger partial charge in [0.15, 0.2) is 0 Å². The molecule has 0 aromatic carbocycles.